The van der Waals surface area contributed by atoms with Gasteiger partial charge in [-0.05, 0) is 12.1 Å². The molecule has 0 amide bonds. The summed E-state index contributed by atoms with van der Waals surface area (Å²) < 4.78 is 20.2. The van der Waals surface area contributed by atoms with Crippen LogP contribution >= 0.6 is 0 Å². The lowest BCUT2D eigenvalue weighted by Crippen LogP contribution is -2.03. The molecule has 0 aromatic carbocycles. The Hall–Kier alpha value is -1.91. The second kappa shape index (κ2) is 3.68. The number of esters is 1. The molecule has 0 aliphatic carbocycles. The summed E-state index contributed by atoms with van der Waals surface area (Å²) in [4.78, 5) is 11.4. The van der Waals surface area contributed by atoms with Crippen LogP contribution in [0.15, 0.2) is 34.3 Å². The van der Waals surface area contributed by atoms with E-state index >= 15 is 0 Å². The zero-order valence-electron chi connectivity index (χ0n) is 8.35. The number of carbonyl (C=O) groups is 1. The van der Waals surface area contributed by atoms with Crippen molar-refractivity contribution < 1.29 is 23.4 Å². The van der Waals surface area contributed by atoms with Crippen molar-refractivity contribution in [3.63, 3.8) is 0 Å². The monoisotopic (exact) mass is 210 g/mol. The summed E-state index contributed by atoms with van der Waals surface area (Å²) in [5.74, 6) is 0.374. The molecular formula is C10H10O5. The van der Waals surface area contributed by atoms with Gasteiger partial charge in [-0.2, -0.15) is 0 Å². The minimum Gasteiger partial charge on any atom is -0.493 e. The summed E-state index contributed by atoms with van der Waals surface area (Å²) in [5, 5.41) is 0. The van der Waals surface area contributed by atoms with Crippen molar-refractivity contribution in [1.82, 2.24) is 0 Å². The molecule has 15 heavy (non-hydrogen) atoms. The lowest BCUT2D eigenvalue weighted by atomic mass is 10.2. The van der Waals surface area contributed by atoms with E-state index in [1.54, 1.807) is 12.1 Å². The van der Waals surface area contributed by atoms with Crippen molar-refractivity contribution in [1.29, 1.82) is 0 Å². The van der Waals surface area contributed by atoms with Crippen LogP contribution in [-0.2, 0) is 19.0 Å². The van der Waals surface area contributed by atoms with Crippen LogP contribution in [0.25, 0.3) is 0 Å². The van der Waals surface area contributed by atoms with Crippen LogP contribution in [0.3, 0.4) is 0 Å². The molecule has 0 fully saturated rings. The van der Waals surface area contributed by atoms with E-state index in [0.717, 1.165) is 0 Å². The van der Waals surface area contributed by atoms with E-state index in [2.05, 4.69) is 0 Å². The summed E-state index contributed by atoms with van der Waals surface area (Å²) in [7, 11) is 2.84. The van der Waals surface area contributed by atoms with Crippen molar-refractivity contribution in [3.05, 3.63) is 35.7 Å². The van der Waals surface area contributed by atoms with Crippen molar-refractivity contribution in [2.45, 2.75) is 6.10 Å². The Kier molecular flexibility index (Phi) is 2.37. The van der Waals surface area contributed by atoms with Crippen LogP contribution in [-0.4, -0.2) is 20.2 Å². The van der Waals surface area contributed by atoms with E-state index in [1.165, 1.54) is 20.5 Å². The van der Waals surface area contributed by atoms with Gasteiger partial charge in [-0.1, -0.05) is 0 Å². The smallest absolute Gasteiger partial charge is 0.378 e. The average molecular weight is 210 g/mol. The Labute approximate surface area is 86.2 Å². The standard InChI is InChI=1S/C10H10O5/c1-12-8-7(6-4-3-5-14-6)15-10(11)9(8)13-2/h3-5,7H,1-2H3/t7-/m1/s1. The normalized spacial score (nSPS) is 20.4. The highest BCUT2D eigenvalue weighted by atomic mass is 16.6. The van der Waals surface area contributed by atoms with Crippen molar-refractivity contribution >= 4 is 5.97 Å². The third kappa shape index (κ3) is 1.45. The number of cyclic esters (lactones) is 1. The van der Waals surface area contributed by atoms with Gasteiger partial charge in [-0.15, -0.1) is 0 Å². The third-order valence-corrected chi connectivity index (χ3v) is 2.10. The van der Waals surface area contributed by atoms with Gasteiger partial charge in [0.15, 0.2) is 11.5 Å². The van der Waals surface area contributed by atoms with Gasteiger partial charge in [-0.3, -0.25) is 0 Å². The number of ether oxygens (including phenoxy) is 3. The largest absolute Gasteiger partial charge is 0.493 e. The number of hydrogen-bond donors (Lipinski definition) is 0. The fraction of sp³-hybridized carbons (Fsp3) is 0.300. The predicted molar refractivity (Wildman–Crippen MR) is 48.6 cm³/mol. The summed E-state index contributed by atoms with van der Waals surface area (Å²) in [6, 6.07) is 3.41. The van der Waals surface area contributed by atoms with Crippen LogP contribution in [0.5, 0.6) is 0 Å². The minimum absolute atomic E-state index is 0.0823. The number of carbonyl (C=O) groups excluding carboxylic acids is 1. The highest BCUT2D eigenvalue weighted by molar-refractivity contribution is 5.89. The van der Waals surface area contributed by atoms with E-state index < -0.39 is 12.1 Å². The molecule has 0 saturated carbocycles. The molecule has 0 bridgehead atoms. The summed E-state index contributed by atoms with van der Waals surface area (Å²) >= 11 is 0. The number of furan rings is 1. The second-order valence-corrected chi connectivity index (χ2v) is 2.90. The molecule has 0 N–H and O–H groups in total. The number of methoxy groups -OCH3 is 2. The van der Waals surface area contributed by atoms with Gasteiger partial charge in [-0.25, -0.2) is 4.79 Å². The molecule has 1 aliphatic heterocycles. The molecule has 0 unspecified atom stereocenters. The zero-order valence-corrected chi connectivity index (χ0v) is 8.35. The van der Waals surface area contributed by atoms with E-state index in [0.29, 0.717) is 11.5 Å². The summed E-state index contributed by atoms with van der Waals surface area (Å²) in [6.45, 7) is 0. The van der Waals surface area contributed by atoms with Crippen LogP contribution in [0.1, 0.15) is 11.9 Å². The first kappa shape index (κ1) is 9.64. The molecule has 1 atom stereocenters. The molecule has 0 spiro atoms. The molecule has 2 rings (SSSR count). The third-order valence-electron chi connectivity index (χ3n) is 2.10. The lowest BCUT2D eigenvalue weighted by Gasteiger charge is -2.08. The van der Waals surface area contributed by atoms with Gasteiger partial charge in [0.25, 0.3) is 0 Å². The first-order valence-electron chi connectivity index (χ1n) is 4.34. The summed E-state index contributed by atoms with van der Waals surface area (Å²) in [5.41, 5.74) is 0. The molecule has 2 heterocycles. The van der Waals surface area contributed by atoms with Gasteiger partial charge >= 0.3 is 5.97 Å². The van der Waals surface area contributed by atoms with Gasteiger partial charge in [0, 0.05) is 0 Å². The molecule has 0 saturated heterocycles. The lowest BCUT2D eigenvalue weighted by molar-refractivity contribution is -0.143. The molecule has 5 heteroatoms. The Morgan fingerprint density at radius 3 is 2.67 bits per heavy atom. The Balaban J connectivity index is 2.37. The van der Waals surface area contributed by atoms with Crippen molar-refractivity contribution in [2.24, 2.45) is 0 Å². The van der Waals surface area contributed by atoms with Crippen LogP contribution in [0.2, 0.25) is 0 Å². The maximum absolute atomic E-state index is 11.4. The SMILES string of the molecule is COC1=C(OC)[C@@H](c2ccco2)OC1=O. The Bertz CT molecular complexity index is 390. The van der Waals surface area contributed by atoms with E-state index in [1.807, 2.05) is 0 Å². The zero-order chi connectivity index (χ0) is 10.8. The molecule has 1 aromatic rings. The quantitative estimate of drug-likeness (QED) is 0.705. The van der Waals surface area contributed by atoms with Gasteiger partial charge in [0.1, 0.15) is 0 Å². The fourth-order valence-electron chi connectivity index (χ4n) is 1.45. The highest BCUT2D eigenvalue weighted by Gasteiger charge is 2.39. The molecule has 1 aromatic heterocycles. The van der Waals surface area contributed by atoms with Crippen molar-refractivity contribution in [3.8, 4) is 0 Å². The van der Waals surface area contributed by atoms with Gasteiger partial charge in [0.2, 0.25) is 11.9 Å². The van der Waals surface area contributed by atoms with E-state index in [4.69, 9.17) is 18.6 Å². The molecular weight excluding hydrogens is 200 g/mol. The molecule has 5 nitrogen and oxygen atoms in total. The van der Waals surface area contributed by atoms with Crippen molar-refractivity contribution in [2.75, 3.05) is 14.2 Å². The van der Waals surface area contributed by atoms with E-state index in [9.17, 15) is 4.79 Å². The second-order valence-electron chi connectivity index (χ2n) is 2.90. The highest BCUT2D eigenvalue weighted by Crippen LogP contribution is 2.35. The first-order valence-corrected chi connectivity index (χ1v) is 4.34. The fourth-order valence-corrected chi connectivity index (χ4v) is 1.45. The van der Waals surface area contributed by atoms with Crippen LogP contribution < -0.4 is 0 Å². The van der Waals surface area contributed by atoms with Crippen LogP contribution in [0.4, 0.5) is 0 Å². The minimum atomic E-state index is -0.646. The number of rotatable bonds is 3. The Morgan fingerprint density at radius 2 is 2.13 bits per heavy atom. The average Bonchev–Trinajstić information content (AvgIpc) is 2.83. The molecule has 80 valence electrons. The number of hydrogen-bond acceptors (Lipinski definition) is 5. The maximum atomic E-state index is 11.4. The van der Waals surface area contributed by atoms with Crippen LogP contribution in [0, 0.1) is 0 Å². The summed E-state index contributed by atoms with van der Waals surface area (Å²) in [6.07, 6.45) is 0.855. The van der Waals surface area contributed by atoms with Gasteiger partial charge in [0.05, 0.1) is 20.5 Å². The molecule has 0 radical (unpaired) electrons. The topological polar surface area (TPSA) is 57.9 Å². The Morgan fingerprint density at radius 1 is 1.33 bits per heavy atom. The first-order chi connectivity index (χ1) is 7.27. The predicted octanol–water partition coefficient (Wildman–Crippen LogP) is 1.38. The molecule has 1 aliphatic rings. The van der Waals surface area contributed by atoms with Gasteiger partial charge < -0.3 is 18.6 Å². The maximum Gasteiger partial charge on any atom is 0.378 e. The van der Waals surface area contributed by atoms with E-state index in [-0.39, 0.29) is 5.76 Å².